The highest BCUT2D eigenvalue weighted by molar-refractivity contribution is 6.27. The zero-order chi connectivity index (χ0) is 18.1. The molecule has 24 heavy (non-hydrogen) atoms. The summed E-state index contributed by atoms with van der Waals surface area (Å²) in [4.78, 5) is 18.2. The van der Waals surface area contributed by atoms with Crippen molar-refractivity contribution in [2.75, 3.05) is 12.4 Å². The summed E-state index contributed by atoms with van der Waals surface area (Å²) < 4.78 is 5.14. The molecule has 0 heterocycles. The van der Waals surface area contributed by atoms with Gasteiger partial charge in [-0.15, -0.1) is 0 Å². The lowest BCUT2D eigenvalue weighted by molar-refractivity contribution is -0.159. The number of carbonyl (C=O) groups is 2. The fourth-order valence-electron chi connectivity index (χ4n) is 2.02. The normalized spacial score (nSPS) is 9.46. The highest BCUT2D eigenvalue weighted by Gasteiger charge is 2.04. The van der Waals surface area contributed by atoms with Crippen molar-refractivity contribution in [3.63, 3.8) is 0 Å². The zero-order valence-corrected chi connectivity index (χ0v) is 13.9. The Morgan fingerprint density at radius 3 is 1.88 bits per heavy atom. The maximum atomic E-state index is 9.10. The highest BCUT2D eigenvalue weighted by atomic mass is 16.5. The molecule has 6 heteroatoms. The van der Waals surface area contributed by atoms with E-state index in [2.05, 4.69) is 49.5 Å². The standard InChI is InChI=1S/C16H19NO.C2H2O4/c1-12-8-13(2)10-15(9-12)17-11-14-4-6-16(18-3)7-5-14;3-1(4)2(5)6/h4-10,17H,11H2,1-3H3;(H,3,4)(H,5,6). The molecule has 0 amide bonds. The minimum atomic E-state index is -1.82. The molecule has 0 aliphatic rings. The van der Waals surface area contributed by atoms with E-state index in [0.29, 0.717) is 0 Å². The van der Waals surface area contributed by atoms with Crippen LogP contribution >= 0.6 is 0 Å². The van der Waals surface area contributed by atoms with Crippen LogP contribution in [0.1, 0.15) is 16.7 Å². The minimum Gasteiger partial charge on any atom is -0.497 e. The molecular weight excluding hydrogens is 310 g/mol. The lowest BCUT2D eigenvalue weighted by atomic mass is 10.1. The van der Waals surface area contributed by atoms with Crippen LogP contribution in [0.2, 0.25) is 0 Å². The van der Waals surface area contributed by atoms with E-state index >= 15 is 0 Å². The van der Waals surface area contributed by atoms with Gasteiger partial charge in [0.15, 0.2) is 0 Å². The first-order valence-corrected chi connectivity index (χ1v) is 7.23. The molecule has 0 aliphatic carbocycles. The summed E-state index contributed by atoms with van der Waals surface area (Å²) in [5.74, 6) is -2.75. The largest absolute Gasteiger partial charge is 0.497 e. The number of methoxy groups -OCH3 is 1. The number of carboxylic acids is 2. The lowest BCUT2D eigenvalue weighted by Gasteiger charge is -2.09. The molecule has 0 aromatic heterocycles. The van der Waals surface area contributed by atoms with Gasteiger partial charge in [0.2, 0.25) is 0 Å². The topological polar surface area (TPSA) is 95.9 Å². The summed E-state index contributed by atoms with van der Waals surface area (Å²) in [6.07, 6.45) is 0. The Labute approximate surface area is 140 Å². The molecule has 0 spiro atoms. The Hall–Kier alpha value is -3.02. The first kappa shape index (κ1) is 19.0. The van der Waals surface area contributed by atoms with Crippen LogP contribution in [0, 0.1) is 13.8 Å². The van der Waals surface area contributed by atoms with Crippen molar-refractivity contribution in [3.05, 3.63) is 59.2 Å². The van der Waals surface area contributed by atoms with Crippen molar-refractivity contribution < 1.29 is 24.5 Å². The molecule has 0 aliphatic heterocycles. The van der Waals surface area contributed by atoms with Gasteiger partial charge in [0.05, 0.1) is 7.11 Å². The van der Waals surface area contributed by atoms with Crippen molar-refractivity contribution >= 4 is 17.6 Å². The van der Waals surface area contributed by atoms with Gasteiger partial charge in [0.25, 0.3) is 0 Å². The van der Waals surface area contributed by atoms with Crippen molar-refractivity contribution in [1.29, 1.82) is 0 Å². The van der Waals surface area contributed by atoms with E-state index in [-0.39, 0.29) is 0 Å². The van der Waals surface area contributed by atoms with E-state index < -0.39 is 11.9 Å². The Balaban J connectivity index is 0.000000413. The van der Waals surface area contributed by atoms with Gasteiger partial charge in [-0.25, -0.2) is 9.59 Å². The first-order valence-electron chi connectivity index (χ1n) is 7.23. The quantitative estimate of drug-likeness (QED) is 0.745. The van der Waals surface area contributed by atoms with Gasteiger partial charge in [-0.05, 0) is 54.8 Å². The summed E-state index contributed by atoms with van der Waals surface area (Å²) in [7, 11) is 1.68. The Morgan fingerprint density at radius 2 is 1.46 bits per heavy atom. The van der Waals surface area contributed by atoms with Crippen LogP contribution in [0.4, 0.5) is 5.69 Å². The third-order valence-corrected chi connectivity index (χ3v) is 3.06. The Morgan fingerprint density at radius 1 is 0.958 bits per heavy atom. The van der Waals surface area contributed by atoms with Gasteiger partial charge in [-0.3, -0.25) is 0 Å². The van der Waals surface area contributed by atoms with E-state index in [1.165, 1.54) is 22.4 Å². The van der Waals surface area contributed by atoms with E-state index in [9.17, 15) is 0 Å². The number of hydrogen-bond acceptors (Lipinski definition) is 4. The van der Waals surface area contributed by atoms with Crippen molar-refractivity contribution in [2.24, 2.45) is 0 Å². The van der Waals surface area contributed by atoms with Gasteiger partial charge in [0, 0.05) is 12.2 Å². The maximum Gasteiger partial charge on any atom is 0.414 e. The van der Waals surface area contributed by atoms with Crippen molar-refractivity contribution in [1.82, 2.24) is 0 Å². The molecule has 0 bridgehead atoms. The van der Waals surface area contributed by atoms with Crippen LogP contribution in [0.5, 0.6) is 5.75 Å². The first-order chi connectivity index (χ1) is 11.3. The van der Waals surface area contributed by atoms with Crippen molar-refractivity contribution in [2.45, 2.75) is 20.4 Å². The van der Waals surface area contributed by atoms with Gasteiger partial charge in [0.1, 0.15) is 5.75 Å². The summed E-state index contributed by atoms with van der Waals surface area (Å²) in [5.41, 5.74) is 4.98. The average molecular weight is 331 g/mol. The Bertz CT molecular complexity index is 663. The second kappa shape index (κ2) is 9.19. The fraction of sp³-hybridized carbons (Fsp3) is 0.222. The van der Waals surface area contributed by atoms with Gasteiger partial charge >= 0.3 is 11.9 Å². The molecule has 0 fully saturated rings. The number of benzene rings is 2. The summed E-state index contributed by atoms with van der Waals surface area (Å²) in [6.45, 7) is 5.06. The third-order valence-electron chi connectivity index (χ3n) is 3.06. The predicted octanol–water partition coefficient (Wildman–Crippen LogP) is 3.08. The summed E-state index contributed by atoms with van der Waals surface area (Å²) >= 11 is 0. The third kappa shape index (κ3) is 6.83. The van der Waals surface area contributed by atoms with Crippen LogP contribution in [0.3, 0.4) is 0 Å². The smallest absolute Gasteiger partial charge is 0.414 e. The molecule has 0 unspecified atom stereocenters. The lowest BCUT2D eigenvalue weighted by Crippen LogP contribution is -2.09. The van der Waals surface area contributed by atoms with Crippen LogP contribution in [-0.2, 0) is 16.1 Å². The number of nitrogens with one attached hydrogen (secondary N) is 1. The number of aryl methyl sites for hydroxylation is 2. The molecule has 0 saturated carbocycles. The maximum absolute atomic E-state index is 9.10. The summed E-state index contributed by atoms with van der Waals surface area (Å²) in [6, 6.07) is 14.6. The van der Waals surface area contributed by atoms with E-state index in [1.807, 2.05) is 12.1 Å². The minimum absolute atomic E-state index is 0.826. The predicted molar refractivity (Wildman–Crippen MR) is 91.5 cm³/mol. The molecule has 2 rings (SSSR count). The second-order valence-corrected chi connectivity index (χ2v) is 5.19. The molecule has 128 valence electrons. The molecular formula is C18H21NO5. The second-order valence-electron chi connectivity index (χ2n) is 5.19. The van der Waals surface area contributed by atoms with Crippen LogP contribution < -0.4 is 10.1 Å². The molecule has 6 nitrogen and oxygen atoms in total. The zero-order valence-electron chi connectivity index (χ0n) is 13.9. The molecule has 0 saturated heterocycles. The van der Waals surface area contributed by atoms with Gasteiger partial charge in [-0.2, -0.15) is 0 Å². The average Bonchev–Trinajstić information content (AvgIpc) is 2.53. The van der Waals surface area contributed by atoms with Crippen molar-refractivity contribution in [3.8, 4) is 5.75 Å². The molecule has 0 atom stereocenters. The van der Waals surface area contributed by atoms with Crippen LogP contribution in [-0.4, -0.2) is 29.3 Å². The number of rotatable bonds is 4. The number of aliphatic carboxylic acids is 2. The Kier molecular flexibility index (Phi) is 7.29. The highest BCUT2D eigenvalue weighted by Crippen LogP contribution is 2.16. The molecule has 2 aromatic carbocycles. The van der Waals surface area contributed by atoms with E-state index in [1.54, 1.807) is 7.11 Å². The summed E-state index contributed by atoms with van der Waals surface area (Å²) in [5, 5.41) is 18.2. The fourth-order valence-corrected chi connectivity index (χ4v) is 2.02. The number of carboxylic acid groups (broad SMARTS) is 2. The van der Waals surface area contributed by atoms with Gasteiger partial charge < -0.3 is 20.3 Å². The molecule has 3 N–H and O–H groups in total. The van der Waals surface area contributed by atoms with Crippen LogP contribution in [0.15, 0.2) is 42.5 Å². The van der Waals surface area contributed by atoms with E-state index in [0.717, 1.165) is 12.3 Å². The monoisotopic (exact) mass is 331 g/mol. The number of hydrogen-bond donors (Lipinski definition) is 3. The molecule has 2 aromatic rings. The van der Waals surface area contributed by atoms with Crippen LogP contribution in [0.25, 0.3) is 0 Å². The molecule has 0 radical (unpaired) electrons. The van der Waals surface area contributed by atoms with Gasteiger partial charge in [-0.1, -0.05) is 18.2 Å². The number of anilines is 1. The van der Waals surface area contributed by atoms with E-state index in [4.69, 9.17) is 24.5 Å². The number of ether oxygens (including phenoxy) is 1. The SMILES string of the molecule is COc1ccc(CNc2cc(C)cc(C)c2)cc1.O=C(O)C(=O)O.